The zero-order chi connectivity index (χ0) is 10.2. The molecule has 2 atom stereocenters. The normalized spacial score (nSPS) is 24.9. The fraction of sp³-hybridized carbons (Fsp3) is 1.00. The van der Waals surface area contributed by atoms with Crippen LogP contribution in [0, 0.1) is 5.92 Å². The molecule has 1 heteroatoms. The van der Waals surface area contributed by atoms with Gasteiger partial charge in [-0.1, -0.05) is 46.0 Å². The van der Waals surface area contributed by atoms with Gasteiger partial charge in [-0.05, 0) is 31.7 Å². The first-order valence-electron chi connectivity index (χ1n) is 6.58. The summed E-state index contributed by atoms with van der Waals surface area (Å²) in [6.07, 6.45) is 11.3. The number of unbranched alkanes of at least 4 members (excludes halogenated alkanes) is 3. The monoisotopic (exact) mass is 197 g/mol. The maximum absolute atomic E-state index is 3.66. The Morgan fingerprint density at radius 2 is 2.07 bits per heavy atom. The molecule has 1 heterocycles. The first-order chi connectivity index (χ1) is 6.84. The van der Waals surface area contributed by atoms with E-state index in [1.165, 1.54) is 57.9 Å². The van der Waals surface area contributed by atoms with Gasteiger partial charge >= 0.3 is 0 Å². The van der Waals surface area contributed by atoms with E-state index in [1.807, 2.05) is 0 Å². The molecule has 0 aromatic carbocycles. The molecular formula is C13H27N. The van der Waals surface area contributed by atoms with E-state index in [4.69, 9.17) is 0 Å². The molecule has 1 N–H and O–H groups in total. The molecule has 1 aliphatic heterocycles. The fourth-order valence-electron chi connectivity index (χ4n) is 2.46. The molecular weight excluding hydrogens is 170 g/mol. The van der Waals surface area contributed by atoms with Gasteiger partial charge in [0.15, 0.2) is 0 Å². The summed E-state index contributed by atoms with van der Waals surface area (Å²) in [6.45, 7) is 5.96. The number of hydrogen-bond donors (Lipinski definition) is 1. The highest BCUT2D eigenvalue weighted by Gasteiger charge is 2.18. The van der Waals surface area contributed by atoms with Crippen LogP contribution in [0.4, 0.5) is 0 Å². The topological polar surface area (TPSA) is 12.0 Å². The predicted molar refractivity (Wildman–Crippen MR) is 63.6 cm³/mol. The van der Waals surface area contributed by atoms with Gasteiger partial charge in [0.05, 0.1) is 0 Å². The van der Waals surface area contributed by atoms with Gasteiger partial charge in [-0.15, -0.1) is 0 Å². The number of nitrogens with one attached hydrogen (secondary N) is 1. The van der Waals surface area contributed by atoms with E-state index in [-0.39, 0.29) is 0 Å². The first-order valence-corrected chi connectivity index (χ1v) is 6.58. The van der Waals surface area contributed by atoms with Crippen molar-refractivity contribution in [3.8, 4) is 0 Å². The lowest BCUT2D eigenvalue weighted by Crippen LogP contribution is -2.38. The summed E-state index contributed by atoms with van der Waals surface area (Å²) < 4.78 is 0. The summed E-state index contributed by atoms with van der Waals surface area (Å²) in [4.78, 5) is 0. The van der Waals surface area contributed by atoms with Gasteiger partial charge in [0.2, 0.25) is 0 Å². The molecule has 0 aliphatic carbocycles. The lowest BCUT2D eigenvalue weighted by molar-refractivity contribution is 0.292. The molecule has 84 valence electrons. The van der Waals surface area contributed by atoms with Crippen molar-refractivity contribution in [2.75, 3.05) is 6.54 Å². The minimum absolute atomic E-state index is 0.824. The van der Waals surface area contributed by atoms with Crippen molar-refractivity contribution in [3.63, 3.8) is 0 Å². The summed E-state index contributed by atoms with van der Waals surface area (Å²) in [5.74, 6) is 0.896. The Kier molecular flexibility index (Phi) is 6.25. The second-order valence-corrected chi connectivity index (χ2v) is 4.88. The van der Waals surface area contributed by atoms with E-state index in [9.17, 15) is 0 Å². The van der Waals surface area contributed by atoms with Crippen molar-refractivity contribution in [1.29, 1.82) is 0 Å². The number of hydrogen-bond acceptors (Lipinski definition) is 1. The Hall–Kier alpha value is -0.0400. The highest BCUT2D eigenvalue weighted by atomic mass is 14.9. The smallest absolute Gasteiger partial charge is 0.00926 e. The van der Waals surface area contributed by atoms with E-state index >= 15 is 0 Å². The lowest BCUT2D eigenvalue weighted by atomic mass is 9.89. The highest BCUT2D eigenvalue weighted by Crippen LogP contribution is 2.20. The van der Waals surface area contributed by atoms with Gasteiger partial charge in [0, 0.05) is 6.04 Å². The Labute approximate surface area is 89.7 Å². The molecule has 0 bridgehead atoms. The van der Waals surface area contributed by atoms with Crippen LogP contribution in [0.1, 0.15) is 65.2 Å². The van der Waals surface area contributed by atoms with Crippen LogP contribution in [0.25, 0.3) is 0 Å². The maximum Gasteiger partial charge on any atom is 0.00926 e. The van der Waals surface area contributed by atoms with Crippen molar-refractivity contribution in [3.05, 3.63) is 0 Å². The van der Waals surface area contributed by atoms with Gasteiger partial charge < -0.3 is 5.32 Å². The van der Waals surface area contributed by atoms with Gasteiger partial charge in [-0.2, -0.15) is 0 Å². The largest absolute Gasteiger partial charge is 0.314 e. The summed E-state index contributed by atoms with van der Waals surface area (Å²) in [6, 6.07) is 0.824. The Morgan fingerprint density at radius 1 is 1.21 bits per heavy atom. The lowest BCUT2D eigenvalue weighted by Gasteiger charge is -2.29. The molecule has 0 aromatic rings. The van der Waals surface area contributed by atoms with Crippen LogP contribution >= 0.6 is 0 Å². The Balaban J connectivity index is 2.04. The van der Waals surface area contributed by atoms with E-state index in [0.29, 0.717) is 0 Å². The molecule has 1 aliphatic rings. The van der Waals surface area contributed by atoms with E-state index in [1.54, 1.807) is 0 Å². The molecule has 0 unspecified atom stereocenters. The summed E-state index contributed by atoms with van der Waals surface area (Å²) in [7, 11) is 0. The molecule has 1 fully saturated rings. The average Bonchev–Trinajstić information content (AvgIpc) is 2.25. The average molecular weight is 197 g/mol. The first kappa shape index (κ1) is 12.0. The molecule has 0 aromatic heterocycles. The second kappa shape index (κ2) is 7.28. The van der Waals surface area contributed by atoms with Crippen LogP contribution in [0.2, 0.25) is 0 Å². The molecule has 1 saturated heterocycles. The SMILES string of the molecule is CCCCCC[C@H](C)[C@@H]1CCCCN1. The number of piperidine rings is 1. The zero-order valence-corrected chi connectivity index (χ0v) is 10.0. The van der Waals surface area contributed by atoms with Gasteiger partial charge in [-0.3, -0.25) is 0 Å². The van der Waals surface area contributed by atoms with E-state index in [2.05, 4.69) is 19.2 Å². The Bertz CT molecular complexity index is 127. The van der Waals surface area contributed by atoms with Crippen molar-refractivity contribution >= 4 is 0 Å². The van der Waals surface area contributed by atoms with Crippen molar-refractivity contribution in [1.82, 2.24) is 5.32 Å². The van der Waals surface area contributed by atoms with Crippen molar-refractivity contribution in [2.24, 2.45) is 5.92 Å². The third kappa shape index (κ3) is 4.45. The summed E-state index contributed by atoms with van der Waals surface area (Å²) in [5.41, 5.74) is 0. The van der Waals surface area contributed by atoms with Crippen LogP contribution in [0.5, 0.6) is 0 Å². The Morgan fingerprint density at radius 3 is 2.71 bits per heavy atom. The van der Waals surface area contributed by atoms with Gasteiger partial charge in [0.1, 0.15) is 0 Å². The third-order valence-electron chi connectivity index (χ3n) is 3.55. The maximum atomic E-state index is 3.66. The minimum atomic E-state index is 0.824. The van der Waals surface area contributed by atoms with Crippen LogP contribution in [0.15, 0.2) is 0 Å². The van der Waals surface area contributed by atoms with E-state index in [0.717, 1.165) is 12.0 Å². The van der Waals surface area contributed by atoms with Crippen LogP contribution in [-0.2, 0) is 0 Å². The minimum Gasteiger partial charge on any atom is -0.314 e. The van der Waals surface area contributed by atoms with Gasteiger partial charge in [0.25, 0.3) is 0 Å². The summed E-state index contributed by atoms with van der Waals surface area (Å²) >= 11 is 0. The molecule has 1 nitrogen and oxygen atoms in total. The predicted octanol–water partition coefficient (Wildman–Crippen LogP) is 3.74. The van der Waals surface area contributed by atoms with Crippen molar-refractivity contribution in [2.45, 2.75) is 71.3 Å². The van der Waals surface area contributed by atoms with Crippen LogP contribution < -0.4 is 5.32 Å². The zero-order valence-electron chi connectivity index (χ0n) is 10.0. The summed E-state index contributed by atoms with van der Waals surface area (Å²) in [5, 5.41) is 3.66. The van der Waals surface area contributed by atoms with Crippen LogP contribution in [0.3, 0.4) is 0 Å². The second-order valence-electron chi connectivity index (χ2n) is 4.88. The standard InChI is InChI=1S/C13H27N/c1-3-4-5-6-9-12(2)13-10-7-8-11-14-13/h12-14H,3-11H2,1-2H3/t12-,13-/m0/s1. The fourth-order valence-corrected chi connectivity index (χ4v) is 2.46. The highest BCUT2D eigenvalue weighted by molar-refractivity contribution is 4.77. The van der Waals surface area contributed by atoms with Crippen LogP contribution in [-0.4, -0.2) is 12.6 Å². The van der Waals surface area contributed by atoms with E-state index < -0.39 is 0 Å². The molecule has 1 rings (SSSR count). The van der Waals surface area contributed by atoms with Crippen molar-refractivity contribution < 1.29 is 0 Å². The molecule has 14 heavy (non-hydrogen) atoms. The third-order valence-corrected chi connectivity index (χ3v) is 3.55. The molecule has 0 amide bonds. The quantitative estimate of drug-likeness (QED) is 0.640. The molecule has 0 saturated carbocycles. The molecule has 0 spiro atoms. The molecule has 0 radical (unpaired) electrons. The van der Waals surface area contributed by atoms with Gasteiger partial charge in [-0.25, -0.2) is 0 Å². The number of rotatable bonds is 6.